The van der Waals surface area contributed by atoms with Crippen LogP contribution in [0.1, 0.15) is 38.2 Å². The zero-order valence-electron chi connectivity index (χ0n) is 17.7. The van der Waals surface area contributed by atoms with Gasteiger partial charge in [-0.25, -0.2) is 0 Å². The van der Waals surface area contributed by atoms with Gasteiger partial charge < -0.3 is 15.1 Å². The molecule has 1 fully saturated rings. The maximum atomic E-state index is 13.9. The molecule has 3 rings (SSSR count). The lowest BCUT2D eigenvalue weighted by molar-refractivity contribution is -0.116. The van der Waals surface area contributed by atoms with Gasteiger partial charge in [0.1, 0.15) is 11.6 Å². The van der Waals surface area contributed by atoms with Crippen molar-refractivity contribution in [1.82, 2.24) is 0 Å². The van der Waals surface area contributed by atoms with Crippen molar-refractivity contribution in [2.75, 3.05) is 18.1 Å². The number of aliphatic hydroxyl groups excluding tert-OH is 2. The Morgan fingerprint density at radius 2 is 1.94 bits per heavy atom. The molecule has 32 heavy (non-hydrogen) atoms. The Labute approximate surface area is 184 Å². The van der Waals surface area contributed by atoms with Crippen molar-refractivity contribution in [1.29, 1.82) is 5.26 Å². The third kappa shape index (κ3) is 5.12. The Balaban J connectivity index is 2.01. The summed E-state index contributed by atoms with van der Waals surface area (Å²) < 4.78 is 41.8. The first-order valence-corrected chi connectivity index (χ1v) is 10.5. The third-order valence-electron chi connectivity index (χ3n) is 5.84. The fourth-order valence-electron chi connectivity index (χ4n) is 4.11. The highest BCUT2D eigenvalue weighted by molar-refractivity contribution is 6.07. The molecule has 5 nitrogen and oxygen atoms in total. The third-order valence-corrected chi connectivity index (χ3v) is 5.84. The van der Waals surface area contributed by atoms with Crippen molar-refractivity contribution >= 4 is 27.8 Å². The molecule has 1 heterocycles. The van der Waals surface area contributed by atoms with Gasteiger partial charge in [-0.2, -0.15) is 18.4 Å². The number of aliphatic hydroxyl groups is 2. The molecule has 0 aromatic heterocycles. The van der Waals surface area contributed by atoms with E-state index in [1.54, 1.807) is 12.1 Å². The molecule has 1 saturated heterocycles. The number of carbonyl (C=O) groups is 1. The Morgan fingerprint density at radius 1 is 1.25 bits per heavy atom. The highest BCUT2D eigenvalue weighted by atomic mass is 19.4. The molecule has 0 radical (unpaired) electrons. The van der Waals surface area contributed by atoms with Crippen LogP contribution >= 0.6 is 0 Å². The topological polar surface area (TPSA) is 84.6 Å². The van der Waals surface area contributed by atoms with E-state index >= 15 is 0 Å². The summed E-state index contributed by atoms with van der Waals surface area (Å²) in [6.45, 7) is 2.46. The summed E-state index contributed by atoms with van der Waals surface area (Å²) in [5, 5.41) is 28.9. The summed E-state index contributed by atoms with van der Waals surface area (Å²) in [6.07, 6.45) is -4.68. The number of nitriles is 1. The monoisotopic (exact) mass is 446 g/mol. The number of Topliss-reactive ketones (excluding diaryl/α,β-unsaturated/α-hetero) is 1. The van der Waals surface area contributed by atoms with Crippen molar-refractivity contribution in [2.45, 2.75) is 50.9 Å². The van der Waals surface area contributed by atoms with E-state index in [1.165, 1.54) is 18.2 Å². The van der Waals surface area contributed by atoms with Crippen molar-refractivity contribution in [3.05, 3.63) is 47.5 Å². The summed E-state index contributed by atoms with van der Waals surface area (Å²) in [6, 6.07) is 11.5. The SMILES string of the molecule is CC1CCCN1c1ccc2cc(/C(=C(\C#N)C(=O)CCC(O)CO)C(F)(F)F)ccc2c1. The maximum absolute atomic E-state index is 13.9. The van der Waals surface area contributed by atoms with E-state index in [4.69, 9.17) is 5.11 Å². The van der Waals surface area contributed by atoms with Gasteiger partial charge in [0.2, 0.25) is 0 Å². The smallest absolute Gasteiger partial charge is 0.394 e. The average Bonchev–Trinajstić information content (AvgIpc) is 3.19. The summed E-state index contributed by atoms with van der Waals surface area (Å²) in [5.41, 5.74) is -1.54. The van der Waals surface area contributed by atoms with Gasteiger partial charge >= 0.3 is 6.18 Å². The van der Waals surface area contributed by atoms with Crippen LogP contribution in [0.2, 0.25) is 0 Å². The summed E-state index contributed by atoms with van der Waals surface area (Å²) in [5.74, 6) is -1.02. The van der Waals surface area contributed by atoms with Gasteiger partial charge in [-0.15, -0.1) is 0 Å². The quantitative estimate of drug-likeness (QED) is 0.487. The number of carbonyl (C=O) groups excluding carboxylic acids is 1. The minimum absolute atomic E-state index is 0.235. The first kappa shape index (κ1) is 23.8. The molecule has 0 aliphatic carbocycles. The lowest BCUT2D eigenvalue weighted by atomic mass is 9.93. The largest absolute Gasteiger partial charge is 0.418 e. The van der Waals surface area contributed by atoms with Crippen LogP contribution in [0.3, 0.4) is 0 Å². The molecule has 0 saturated carbocycles. The first-order chi connectivity index (χ1) is 15.2. The summed E-state index contributed by atoms with van der Waals surface area (Å²) >= 11 is 0. The van der Waals surface area contributed by atoms with Crippen LogP contribution in [0.4, 0.5) is 18.9 Å². The van der Waals surface area contributed by atoms with E-state index in [2.05, 4.69) is 11.8 Å². The van der Waals surface area contributed by atoms with E-state index in [9.17, 15) is 28.3 Å². The number of rotatable bonds is 7. The molecule has 0 amide bonds. The van der Waals surface area contributed by atoms with Crippen LogP contribution in [-0.4, -0.2) is 47.5 Å². The van der Waals surface area contributed by atoms with E-state index in [-0.39, 0.29) is 12.0 Å². The van der Waals surface area contributed by atoms with E-state index in [0.29, 0.717) is 11.4 Å². The number of allylic oxidation sites excluding steroid dienone is 2. The number of nitrogens with zero attached hydrogens (tertiary/aromatic N) is 2. The van der Waals surface area contributed by atoms with E-state index < -0.39 is 42.2 Å². The Kier molecular flexibility index (Phi) is 7.22. The Morgan fingerprint density at radius 3 is 2.53 bits per heavy atom. The van der Waals surface area contributed by atoms with Gasteiger partial charge in [-0.3, -0.25) is 4.79 Å². The summed E-state index contributed by atoms with van der Waals surface area (Å²) in [4.78, 5) is 14.6. The minimum Gasteiger partial charge on any atom is -0.394 e. The first-order valence-electron chi connectivity index (χ1n) is 10.5. The molecule has 0 bridgehead atoms. The molecule has 2 aromatic carbocycles. The predicted molar refractivity (Wildman–Crippen MR) is 116 cm³/mol. The van der Waals surface area contributed by atoms with Crippen molar-refractivity contribution in [3.8, 4) is 6.07 Å². The number of halogens is 3. The van der Waals surface area contributed by atoms with E-state index in [0.717, 1.165) is 30.5 Å². The number of fused-ring (bicyclic) bond motifs is 1. The number of hydrogen-bond acceptors (Lipinski definition) is 5. The number of hydrogen-bond donors (Lipinski definition) is 2. The molecule has 2 unspecified atom stereocenters. The van der Waals surface area contributed by atoms with Crippen LogP contribution in [0, 0.1) is 11.3 Å². The Bertz CT molecular complexity index is 1070. The van der Waals surface area contributed by atoms with Gasteiger partial charge in [-0.1, -0.05) is 18.2 Å². The van der Waals surface area contributed by atoms with Crippen LogP contribution in [-0.2, 0) is 4.79 Å². The van der Waals surface area contributed by atoms with Crippen molar-refractivity contribution in [3.63, 3.8) is 0 Å². The van der Waals surface area contributed by atoms with Crippen LogP contribution in [0.25, 0.3) is 16.3 Å². The van der Waals surface area contributed by atoms with Gasteiger partial charge in [0.15, 0.2) is 5.78 Å². The fraction of sp³-hybridized carbons (Fsp3) is 0.417. The number of benzene rings is 2. The molecule has 0 spiro atoms. The molecule has 1 aliphatic heterocycles. The second-order valence-corrected chi connectivity index (χ2v) is 8.09. The van der Waals surface area contributed by atoms with Gasteiger partial charge in [0.05, 0.1) is 18.3 Å². The maximum Gasteiger partial charge on any atom is 0.418 e. The van der Waals surface area contributed by atoms with Crippen molar-refractivity contribution < 1.29 is 28.2 Å². The molecular weight excluding hydrogens is 421 g/mol. The summed E-state index contributed by atoms with van der Waals surface area (Å²) in [7, 11) is 0. The zero-order valence-corrected chi connectivity index (χ0v) is 17.7. The molecule has 2 atom stereocenters. The van der Waals surface area contributed by atoms with Crippen LogP contribution < -0.4 is 4.90 Å². The molecule has 2 N–H and O–H groups in total. The van der Waals surface area contributed by atoms with Gasteiger partial charge in [0, 0.05) is 24.7 Å². The molecule has 8 heteroatoms. The normalized spacial score (nSPS) is 18.4. The van der Waals surface area contributed by atoms with E-state index in [1.807, 2.05) is 12.1 Å². The second kappa shape index (κ2) is 9.72. The van der Waals surface area contributed by atoms with Crippen LogP contribution in [0.5, 0.6) is 0 Å². The number of ketones is 1. The lowest BCUT2D eigenvalue weighted by Gasteiger charge is -2.24. The second-order valence-electron chi connectivity index (χ2n) is 8.09. The minimum atomic E-state index is -4.92. The zero-order chi connectivity index (χ0) is 23.5. The standard InChI is InChI=1S/C24H25F3N2O3/c1-15-3-2-10-29(15)19-7-6-16-11-18(5-4-17(16)12-19)23(24(25,26)27)21(13-28)22(32)9-8-20(31)14-30/h4-7,11-12,15,20,30-31H,2-3,8-10,14H2,1H3/b23-21-. The predicted octanol–water partition coefficient (Wildman–Crippen LogP) is 4.37. The van der Waals surface area contributed by atoms with Crippen molar-refractivity contribution in [2.24, 2.45) is 0 Å². The van der Waals surface area contributed by atoms with Gasteiger partial charge in [0.25, 0.3) is 0 Å². The highest BCUT2D eigenvalue weighted by Crippen LogP contribution is 2.38. The fourth-order valence-corrected chi connectivity index (χ4v) is 4.11. The van der Waals surface area contributed by atoms with Gasteiger partial charge in [-0.05, 0) is 60.7 Å². The lowest BCUT2D eigenvalue weighted by Crippen LogP contribution is -2.25. The van der Waals surface area contributed by atoms with Crippen LogP contribution in [0.15, 0.2) is 42.0 Å². The molecule has 170 valence electrons. The molecule has 1 aliphatic rings. The average molecular weight is 446 g/mol. The highest BCUT2D eigenvalue weighted by Gasteiger charge is 2.39. The molecular formula is C24H25F3N2O3. The Hall–Kier alpha value is -2.89. The number of alkyl halides is 3. The molecule has 2 aromatic rings. The number of anilines is 1.